The first-order valence-electron chi connectivity index (χ1n) is 5.51. The van der Waals surface area contributed by atoms with E-state index in [1.54, 1.807) is 0 Å². The van der Waals surface area contributed by atoms with Crippen molar-refractivity contribution in [2.75, 3.05) is 0 Å². The molecule has 2 aromatic carbocycles. The molecule has 0 aliphatic heterocycles. The third-order valence-electron chi connectivity index (χ3n) is 3.21. The minimum absolute atomic E-state index is 1.17. The lowest BCUT2D eigenvalue weighted by atomic mass is 9.86. The molecular weight excluding hydrogens is 230 g/mol. The molecule has 0 bridgehead atoms. The zero-order valence-electron chi connectivity index (χ0n) is 9.03. The molecule has 1 aliphatic carbocycles. The molecule has 0 spiro atoms. The molecule has 16 heavy (non-hydrogen) atoms. The summed E-state index contributed by atoms with van der Waals surface area (Å²) in [5.74, 6) is 0. The van der Waals surface area contributed by atoms with Gasteiger partial charge in [-0.05, 0) is 45.7 Å². The molecule has 0 nitrogen and oxygen atoms in total. The van der Waals surface area contributed by atoms with Crippen LogP contribution in [0.5, 0.6) is 0 Å². The van der Waals surface area contributed by atoms with Crippen molar-refractivity contribution < 1.29 is 0 Å². The minimum atomic E-state index is 1.17. The molecule has 2 unspecified atom stereocenters. The van der Waals surface area contributed by atoms with E-state index < -0.39 is 0 Å². The van der Waals surface area contributed by atoms with Gasteiger partial charge in [-0.2, -0.15) is 0 Å². The molecule has 1 aliphatic rings. The maximum atomic E-state index is 2.78. The number of aryl methyl sites for hydroxylation is 2. The lowest BCUT2D eigenvalue weighted by Gasteiger charge is -2.20. The first kappa shape index (κ1) is 10.5. The van der Waals surface area contributed by atoms with Crippen molar-refractivity contribution in [3.8, 4) is 11.1 Å². The fourth-order valence-corrected chi connectivity index (χ4v) is 3.03. The molecule has 0 saturated heterocycles. The van der Waals surface area contributed by atoms with E-state index in [9.17, 15) is 0 Å². The van der Waals surface area contributed by atoms with Crippen LogP contribution in [0.1, 0.15) is 11.1 Å². The number of benzene rings is 2. The Hall–Kier alpha value is -0.700. The average molecular weight is 244 g/mol. The van der Waals surface area contributed by atoms with Crippen LogP contribution in [0.25, 0.3) is 11.1 Å². The van der Waals surface area contributed by atoms with Gasteiger partial charge in [0.1, 0.15) is 0 Å². The third kappa shape index (κ3) is 1.71. The van der Waals surface area contributed by atoms with Crippen molar-refractivity contribution in [3.63, 3.8) is 0 Å². The summed E-state index contributed by atoms with van der Waals surface area (Å²) in [5.41, 5.74) is 5.79. The highest BCUT2D eigenvalue weighted by molar-refractivity contribution is 7.27. The van der Waals surface area contributed by atoms with Crippen molar-refractivity contribution in [3.05, 3.63) is 47.5 Å². The fourth-order valence-electron chi connectivity index (χ4n) is 2.44. The monoisotopic (exact) mass is 244 g/mol. The maximum Gasteiger partial charge on any atom is -0.0149 e. The second-order valence-corrected chi connectivity index (χ2v) is 5.67. The highest BCUT2D eigenvalue weighted by atomic mass is 31.0. The molecule has 0 heterocycles. The zero-order valence-corrected chi connectivity index (χ0v) is 11.3. The van der Waals surface area contributed by atoms with E-state index in [1.807, 2.05) is 0 Å². The highest BCUT2D eigenvalue weighted by Gasteiger charge is 2.15. The molecule has 0 saturated carbocycles. The van der Waals surface area contributed by atoms with Crippen molar-refractivity contribution in [1.29, 1.82) is 0 Å². The molecule has 2 aromatic rings. The van der Waals surface area contributed by atoms with Crippen LogP contribution in [-0.2, 0) is 12.8 Å². The molecule has 0 fully saturated rings. The highest BCUT2D eigenvalue weighted by Crippen LogP contribution is 2.32. The molecule has 0 radical (unpaired) electrons. The van der Waals surface area contributed by atoms with Gasteiger partial charge in [0.2, 0.25) is 0 Å². The van der Waals surface area contributed by atoms with Gasteiger partial charge < -0.3 is 0 Å². The Morgan fingerprint density at radius 2 is 1.12 bits per heavy atom. The zero-order chi connectivity index (χ0) is 11.1. The Morgan fingerprint density at radius 1 is 0.688 bits per heavy atom. The lowest BCUT2D eigenvalue weighted by molar-refractivity contribution is 0.945. The first-order valence-corrected chi connectivity index (χ1v) is 6.67. The van der Waals surface area contributed by atoms with Gasteiger partial charge in [-0.1, -0.05) is 36.4 Å². The van der Waals surface area contributed by atoms with Crippen LogP contribution >= 0.6 is 18.5 Å². The summed E-state index contributed by atoms with van der Waals surface area (Å²) in [6.45, 7) is 0. The van der Waals surface area contributed by atoms with Crippen molar-refractivity contribution in [1.82, 2.24) is 0 Å². The summed E-state index contributed by atoms with van der Waals surface area (Å²) in [6.07, 6.45) is 2.33. The van der Waals surface area contributed by atoms with Crippen molar-refractivity contribution in [2.24, 2.45) is 0 Å². The summed E-state index contributed by atoms with van der Waals surface area (Å²) < 4.78 is 0. The molecule has 0 amide bonds. The second kappa shape index (κ2) is 3.95. The summed E-state index contributed by atoms with van der Waals surface area (Å²) >= 11 is 0. The van der Waals surface area contributed by atoms with Gasteiger partial charge >= 0.3 is 0 Å². The Morgan fingerprint density at radius 3 is 1.56 bits per heavy atom. The van der Waals surface area contributed by atoms with E-state index in [4.69, 9.17) is 0 Å². The minimum Gasteiger partial charge on any atom is -0.106 e. The summed E-state index contributed by atoms with van der Waals surface area (Å²) in [5, 5.41) is 2.56. The Kier molecular flexibility index (Phi) is 2.58. The molecule has 80 valence electrons. The number of fused-ring (bicyclic) bond motifs is 3. The Bertz CT molecular complexity index is 507. The van der Waals surface area contributed by atoms with E-state index >= 15 is 0 Å². The SMILES string of the molecule is Pc1ccc2c(c1)CCc1cc(P)ccc1-2. The summed E-state index contributed by atoms with van der Waals surface area (Å²) in [7, 11) is 5.55. The quantitative estimate of drug-likeness (QED) is 0.624. The maximum absolute atomic E-state index is 2.78. The van der Waals surface area contributed by atoms with Crippen LogP contribution in [0.15, 0.2) is 36.4 Å². The number of hydrogen-bond acceptors (Lipinski definition) is 0. The van der Waals surface area contributed by atoms with Crippen LogP contribution in [0.3, 0.4) is 0 Å². The van der Waals surface area contributed by atoms with Gasteiger partial charge in [0.05, 0.1) is 0 Å². The van der Waals surface area contributed by atoms with Crippen LogP contribution < -0.4 is 10.6 Å². The van der Waals surface area contributed by atoms with Gasteiger partial charge in [-0.15, -0.1) is 18.5 Å². The molecule has 0 aromatic heterocycles. The van der Waals surface area contributed by atoms with Gasteiger partial charge in [0.15, 0.2) is 0 Å². The van der Waals surface area contributed by atoms with Crippen LogP contribution in [0.2, 0.25) is 0 Å². The Labute approximate surface area is 101 Å². The van der Waals surface area contributed by atoms with Crippen LogP contribution in [0.4, 0.5) is 0 Å². The normalized spacial score (nSPS) is 13.1. The van der Waals surface area contributed by atoms with E-state index in [2.05, 4.69) is 54.9 Å². The summed E-state index contributed by atoms with van der Waals surface area (Å²) in [4.78, 5) is 0. The molecule has 3 rings (SSSR count). The van der Waals surface area contributed by atoms with Crippen molar-refractivity contribution in [2.45, 2.75) is 12.8 Å². The number of hydrogen-bond donors (Lipinski definition) is 0. The van der Waals surface area contributed by atoms with Crippen molar-refractivity contribution >= 4 is 29.1 Å². The lowest BCUT2D eigenvalue weighted by Crippen LogP contribution is -2.08. The average Bonchev–Trinajstić information content (AvgIpc) is 2.28. The van der Waals surface area contributed by atoms with Crippen LogP contribution in [0, 0.1) is 0 Å². The van der Waals surface area contributed by atoms with Gasteiger partial charge in [-0.25, -0.2) is 0 Å². The molecule has 2 heteroatoms. The molecule has 0 N–H and O–H groups in total. The summed E-state index contributed by atoms with van der Waals surface area (Å²) in [6, 6.07) is 13.4. The largest absolute Gasteiger partial charge is 0.106 e. The van der Waals surface area contributed by atoms with E-state index in [0.717, 1.165) is 0 Å². The topological polar surface area (TPSA) is 0 Å². The van der Waals surface area contributed by atoms with Gasteiger partial charge in [0, 0.05) is 0 Å². The van der Waals surface area contributed by atoms with E-state index in [-0.39, 0.29) is 0 Å². The molecule has 2 atom stereocenters. The third-order valence-corrected chi connectivity index (χ3v) is 3.93. The first-order chi connectivity index (χ1) is 7.74. The second-order valence-electron chi connectivity index (χ2n) is 4.33. The molecular formula is C14H14P2. The van der Waals surface area contributed by atoms with E-state index in [0.29, 0.717) is 0 Å². The smallest absolute Gasteiger partial charge is 0.0149 e. The standard InChI is InChI=1S/C14H14P2/c15-11-3-5-13-9(7-11)1-2-10-8-12(16)4-6-14(10)13/h3-8H,1-2,15-16H2. The van der Waals surface area contributed by atoms with Crippen LogP contribution in [-0.4, -0.2) is 0 Å². The van der Waals surface area contributed by atoms with Gasteiger partial charge in [-0.3, -0.25) is 0 Å². The Balaban J connectivity index is 2.23. The predicted molar refractivity (Wildman–Crippen MR) is 78.0 cm³/mol. The predicted octanol–water partition coefficient (Wildman–Crippen LogP) is 2.45. The fraction of sp³-hybridized carbons (Fsp3) is 0.143. The van der Waals surface area contributed by atoms with Gasteiger partial charge in [0.25, 0.3) is 0 Å². The van der Waals surface area contributed by atoms with E-state index in [1.165, 1.54) is 45.7 Å². The number of rotatable bonds is 0.